The van der Waals surface area contributed by atoms with Gasteiger partial charge in [0.15, 0.2) is 9.84 Å². The number of nitrogens with two attached hydrogens (primary N) is 1. The molecule has 16 heteroatoms. The van der Waals surface area contributed by atoms with Crippen LogP contribution in [0.15, 0.2) is 276 Å². The Morgan fingerprint density at radius 1 is 0.469 bits per heavy atom. The maximum atomic E-state index is 12.5. The van der Waals surface area contributed by atoms with Crippen LogP contribution >= 0.6 is 0 Å². The Morgan fingerprint density at radius 3 is 1.32 bits per heavy atom. The van der Waals surface area contributed by atoms with Crippen molar-refractivity contribution in [1.29, 1.82) is 0 Å². The Bertz CT molecular complexity index is 6020. The first-order valence-electron chi connectivity index (χ1n) is 45.3. The number of allylic oxidation sites excluding steroid dienone is 8. The van der Waals surface area contributed by atoms with E-state index in [-0.39, 0.29) is 11.8 Å². The van der Waals surface area contributed by atoms with Gasteiger partial charge in [-0.25, -0.2) is 8.42 Å². The first-order valence-corrected chi connectivity index (χ1v) is 46.8. The first-order chi connectivity index (χ1) is 61.2. The third-order valence-electron chi connectivity index (χ3n) is 20.8. The highest BCUT2D eigenvalue weighted by atomic mass is 32.2. The van der Waals surface area contributed by atoms with Crippen molar-refractivity contribution in [2.75, 3.05) is 43.3 Å². The standard InChI is InChI=1S/C19H25N3O2S.3C17H21N.C14H15N.2C13H19NO2.C4H10/c1-11(2)25(23,24)19-10-17(14(5)7-15(19)6)21-22-18-9-13(4)12(3)8-16(18)20;1-12(2)10-11-15-14-8-6-7-9-16(14)18(5)17(15)13(3)4;1-13(2)11-14(3)9-10-15-12-18(4)17-8-6-5-7-16(15)17;1-13(2)9-10-15-12-18(11-14(3)4)17-8-6-5-7-16(15)17;1-11(2)8-9-12-10-15(3)14-7-5-4-6-13(12)14;1-10(2)9-13(15)14(3)11-5-7-12(16-4)8-6-11;1-10(2)9-14(11(3)15)12-5-7-13(16-4)8-6-12;1-4(2)3/h7-11H,20H2,1-6H3;6-11,13H,1H2,2-5H3;5-10,12-13H,3,11H2,1-2,4H3;5-10,12,14H,1,11H2,2-4H3;4-10H,1H2,2-3H3;2*5-8,10H,9H2,1-4H3;4H,1-3H3/b;11-10+;2*10-9+;9-8+;;;. The minimum atomic E-state index is -3.38. The van der Waals surface area contributed by atoms with Gasteiger partial charge < -0.3 is 43.3 Å². The molecule has 0 bridgehead atoms. The SMILES string of the molecule is C=C(/C=C/c1cn(C)c2ccccc12)CC(C)C.C=C(C)/C=C/c1c(C(C)C)n(C)c2ccccc12.C=C(C)/C=C/c1cn(C)c2ccccc12.C=C(C)/C=C/c1cn(CC(C)C)c2ccccc12.CC(C)C.COc1ccc(N(C)C(=O)CC(C)C)cc1.COc1ccc(N(CC(C)C)C(C)=O)cc1.Cc1cc(N)c(N=Nc2cc(S(=O)(=O)C(C)C)c(C)cc2C)cc1C. The van der Waals surface area contributed by atoms with Crippen molar-refractivity contribution in [2.45, 2.75) is 195 Å². The molecule has 0 saturated carbocycles. The van der Waals surface area contributed by atoms with Gasteiger partial charge in [-0.05, 0) is 234 Å². The van der Waals surface area contributed by atoms with E-state index in [0.717, 1.165) is 87.3 Å². The summed E-state index contributed by atoms with van der Waals surface area (Å²) in [6, 6.07) is 56.2. The van der Waals surface area contributed by atoms with E-state index in [1.165, 1.54) is 77.1 Å². The number of amides is 2. The van der Waals surface area contributed by atoms with Crippen molar-refractivity contribution in [1.82, 2.24) is 18.3 Å². The summed E-state index contributed by atoms with van der Waals surface area (Å²) in [6.07, 6.45) is 25.2. The van der Waals surface area contributed by atoms with Gasteiger partial charge in [-0.2, -0.15) is 5.11 Å². The fraction of sp³-hybridized carbons (Fsp3) is 0.351. The molecular weight excluding hydrogens is 1620 g/mol. The predicted molar refractivity (Wildman–Crippen MR) is 564 cm³/mol. The second kappa shape index (κ2) is 52.4. The molecule has 0 aliphatic heterocycles. The zero-order chi connectivity index (χ0) is 97.1. The number of carbonyl (C=O) groups excluding carboxylic acids is 2. The summed E-state index contributed by atoms with van der Waals surface area (Å²) in [5, 5.41) is 13.2. The summed E-state index contributed by atoms with van der Waals surface area (Å²) >= 11 is 0. The number of rotatable bonds is 25. The number of benzene rings is 8. The molecule has 0 radical (unpaired) electrons. The van der Waals surface area contributed by atoms with Crippen LogP contribution in [0.4, 0.5) is 28.4 Å². The average molecular weight is 1780 g/mol. The van der Waals surface area contributed by atoms with Crippen molar-refractivity contribution < 1.29 is 27.5 Å². The second-order valence-electron chi connectivity index (χ2n) is 36.6. The van der Waals surface area contributed by atoms with Crippen LogP contribution in [0.2, 0.25) is 0 Å². The second-order valence-corrected chi connectivity index (χ2v) is 39.1. The number of nitrogens with zero attached hydrogens (tertiary/aromatic N) is 8. The van der Waals surface area contributed by atoms with Gasteiger partial charge in [-0.1, -0.05) is 266 Å². The van der Waals surface area contributed by atoms with Crippen LogP contribution in [0.3, 0.4) is 0 Å². The Kier molecular flexibility index (Phi) is 43.6. The highest BCUT2D eigenvalue weighted by Gasteiger charge is 2.24. The zero-order valence-electron chi connectivity index (χ0n) is 83.7. The Balaban J connectivity index is 0.000000268. The molecule has 2 N–H and O–H groups in total. The number of hydrogen-bond donors (Lipinski definition) is 1. The molecule has 12 rings (SSSR count). The average Bonchev–Trinajstić information content (AvgIpc) is 1.46. The number of aryl methyl sites for hydroxylation is 7. The lowest BCUT2D eigenvalue weighted by atomic mass is 10.0. The smallest absolute Gasteiger partial charge is 0.226 e. The fourth-order valence-electron chi connectivity index (χ4n) is 14.3. The van der Waals surface area contributed by atoms with Gasteiger partial charge >= 0.3 is 0 Å². The maximum absolute atomic E-state index is 12.5. The van der Waals surface area contributed by atoms with E-state index in [2.05, 4.69) is 310 Å². The van der Waals surface area contributed by atoms with E-state index in [4.69, 9.17) is 15.2 Å². The van der Waals surface area contributed by atoms with E-state index in [1.54, 1.807) is 64.8 Å². The van der Waals surface area contributed by atoms with Crippen molar-refractivity contribution in [3.05, 3.63) is 312 Å². The summed E-state index contributed by atoms with van der Waals surface area (Å²) in [4.78, 5) is 27.1. The lowest BCUT2D eigenvalue weighted by Gasteiger charge is -2.23. The van der Waals surface area contributed by atoms with Crippen LogP contribution in [0.25, 0.3) is 67.9 Å². The summed E-state index contributed by atoms with van der Waals surface area (Å²) in [5.74, 6) is 5.30. The summed E-state index contributed by atoms with van der Waals surface area (Å²) in [7, 11) is 7.98. The number of hydrogen-bond acceptors (Lipinski definition) is 9. The minimum Gasteiger partial charge on any atom is -0.497 e. The van der Waals surface area contributed by atoms with Gasteiger partial charge in [0.05, 0.1) is 35.7 Å². The van der Waals surface area contributed by atoms with Gasteiger partial charge in [-0.3, -0.25) is 9.59 Å². The number of para-hydroxylation sites is 4. The van der Waals surface area contributed by atoms with Crippen LogP contribution in [0.5, 0.6) is 11.5 Å². The summed E-state index contributed by atoms with van der Waals surface area (Å²) in [6.45, 7) is 64.4. The van der Waals surface area contributed by atoms with Crippen LogP contribution in [-0.4, -0.2) is 71.6 Å². The molecule has 0 aliphatic carbocycles. The molecule has 2 amide bonds. The van der Waals surface area contributed by atoms with E-state index in [9.17, 15) is 18.0 Å². The van der Waals surface area contributed by atoms with Crippen LogP contribution < -0.4 is 25.0 Å². The third-order valence-corrected chi connectivity index (χ3v) is 23.1. The largest absolute Gasteiger partial charge is 0.497 e. The number of methoxy groups -OCH3 is 2. The Labute approximate surface area is 780 Å². The minimum absolute atomic E-state index is 0.0684. The van der Waals surface area contributed by atoms with E-state index < -0.39 is 15.1 Å². The highest BCUT2D eigenvalue weighted by molar-refractivity contribution is 7.92. The lowest BCUT2D eigenvalue weighted by molar-refractivity contribution is -0.119. The normalized spacial score (nSPS) is 11.4. The Hall–Kier alpha value is -12.3. The van der Waals surface area contributed by atoms with Gasteiger partial charge in [-0.15, -0.1) is 5.11 Å². The van der Waals surface area contributed by atoms with Crippen molar-refractivity contribution in [3.8, 4) is 11.5 Å². The number of azo groups is 1. The van der Waals surface area contributed by atoms with Crippen molar-refractivity contribution >= 4 is 118 Å². The molecule has 694 valence electrons. The van der Waals surface area contributed by atoms with Crippen molar-refractivity contribution in [2.24, 2.45) is 61.0 Å². The number of nitrogen functional groups attached to an aromatic ring is 1. The lowest BCUT2D eigenvalue weighted by Crippen LogP contribution is -2.32. The molecule has 4 aromatic heterocycles. The molecular formula is C114H151N9O6S. The van der Waals surface area contributed by atoms with Gasteiger partial charge in [0.1, 0.15) is 17.2 Å². The molecule has 4 heterocycles. The highest BCUT2D eigenvalue weighted by Crippen LogP contribution is 2.36. The number of aromatic nitrogens is 4. The van der Waals surface area contributed by atoms with Crippen molar-refractivity contribution in [3.63, 3.8) is 0 Å². The van der Waals surface area contributed by atoms with E-state index in [1.807, 2.05) is 128 Å². The molecule has 0 aliphatic rings. The van der Waals surface area contributed by atoms with E-state index in [0.29, 0.717) is 58.0 Å². The van der Waals surface area contributed by atoms with E-state index >= 15 is 0 Å². The molecule has 0 atom stereocenters. The van der Waals surface area contributed by atoms with Gasteiger partial charge in [0.2, 0.25) is 11.8 Å². The molecule has 0 unspecified atom stereocenters. The van der Waals surface area contributed by atoms with Gasteiger partial charge in [0.25, 0.3) is 0 Å². The maximum Gasteiger partial charge on any atom is 0.226 e. The molecule has 8 aromatic carbocycles. The number of ether oxygens (including phenoxy) is 2. The topological polar surface area (TPSA) is 164 Å². The number of sulfone groups is 1. The zero-order valence-corrected chi connectivity index (χ0v) is 84.5. The molecule has 15 nitrogen and oxygen atoms in total. The molecule has 0 fully saturated rings. The van der Waals surface area contributed by atoms with Crippen LogP contribution in [0, 0.1) is 57.3 Å². The summed E-state index contributed by atoms with van der Waals surface area (Å²) in [5.41, 5.74) is 29.3. The number of anilines is 3. The van der Waals surface area contributed by atoms with Crippen LogP contribution in [-0.2, 0) is 47.1 Å². The number of fused-ring (bicyclic) bond motifs is 4. The fourth-order valence-corrected chi connectivity index (χ4v) is 15.5. The first kappa shape index (κ1) is 108. The third kappa shape index (κ3) is 33.7. The molecule has 12 aromatic rings. The van der Waals surface area contributed by atoms with Gasteiger partial charge in [0, 0.05) is 139 Å². The predicted octanol–water partition coefficient (Wildman–Crippen LogP) is 30.5. The van der Waals surface area contributed by atoms with Crippen LogP contribution in [0.1, 0.15) is 201 Å². The molecule has 0 saturated heterocycles. The number of carbonyl (C=O) groups is 2. The molecule has 130 heavy (non-hydrogen) atoms. The quantitative estimate of drug-likeness (QED) is 0.0338. The molecule has 0 spiro atoms. The summed E-state index contributed by atoms with van der Waals surface area (Å²) < 4.78 is 44.2. The monoisotopic (exact) mass is 1770 g/mol. The Morgan fingerprint density at radius 2 is 0.885 bits per heavy atom.